The number of carbonyl (C=O) groups is 2. The molecule has 0 aliphatic heterocycles. The minimum Gasteiger partial charge on any atom is -0.267 e. The van der Waals surface area contributed by atoms with E-state index in [0.717, 1.165) is 17.0 Å². The third kappa shape index (κ3) is 4.73. The molecule has 0 bridgehead atoms. The second-order valence-corrected chi connectivity index (χ2v) is 7.58. The first-order valence-electron chi connectivity index (χ1n) is 9.04. The first kappa shape index (κ1) is 21.1. The normalized spacial score (nSPS) is 11.0. The van der Waals surface area contributed by atoms with E-state index in [1.807, 2.05) is 19.1 Å². The Labute approximate surface area is 164 Å². The molecular weight excluding hydrogens is 358 g/mol. The lowest BCUT2D eigenvalue weighted by molar-refractivity contribution is -0.385. The highest BCUT2D eigenvalue weighted by Crippen LogP contribution is 2.24. The first-order valence-corrected chi connectivity index (χ1v) is 9.04. The Kier molecular flexibility index (Phi) is 6.18. The summed E-state index contributed by atoms with van der Waals surface area (Å²) in [7, 11) is 0. The lowest BCUT2D eigenvalue weighted by atomic mass is 10.0. The van der Waals surface area contributed by atoms with E-state index in [0.29, 0.717) is 11.1 Å². The molecule has 0 aromatic heterocycles. The van der Waals surface area contributed by atoms with Crippen molar-refractivity contribution < 1.29 is 14.5 Å². The van der Waals surface area contributed by atoms with E-state index >= 15 is 0 Å². The van der Waals surface area contributed by atoms with Crippen molar-refractivity contribution in [1.82, 2.24) is 10.4 Å². The van der Waals surface area contributed by atoms with Crippen LogP contribution in [0.1, 0.15) is 59.5 Å². The Hall–Kier alpha value is -3.22. The van der Waals surface area contributed by atoms with Gasteiger partial charge in [0.05, 0.1) is 10.5 Å². The van der Waals surface area contributed by atoms with Crippen LogP contribution in [0.25, 0.3) is 0 Å². The van der Waals surface area contributed by atoms with Gasteiger partial charge in [-0.2, -0.15) is 0 Å². The zero-order valence-electron chi connectivity index (χ0n) is 16.8. The largest absolute Gasteiger partial charge is 0.282 e. The maximum Gasteiger partial charge on any atom is 0.282 e. The average Bonchev–Trinajstić information content (AvgIpc) is 2.64. The van der Waals surface area contributed by atoms with E-state index in [-0.39, 0.29) is 11.3 Å². The molecule has 7 nitrogen and oxygen atoms in total. The number of hydrogen-bond acceptors (Lipinski definition) is 4. The van der Waals surface area contributed by atoms with Crippen molar-refractivity contribution in [2.75, 3.05) is 0 Å². The lowest BCUT2D eigenvalue weighted by Gasteiger charge is -2.35. The van der Waals surface area contributed by atoms with Gasteiger partial charge in [-0.1, -0.05) is 25.1 Å². The number of benzene rings is 2. The molecule has 0 aliphatic carbocycles. The summed E-state index contributed by atoms with van der Waals surface area (Å²) < 4.78 is 0. The van der Waals surface area contributed by atoms with Crippen LogP contribution in [-0.4, -0.2) is 27.3 Å². The van der Waals surface area contributed by atoms with Crippen LogP contribution in [0.5, 0.6) is 0 Å². The third-order valence-electron chi connectivity index (χ3n) is 4.29. The van der Waals surface area contributed by atoms with Crippen LogP contribution >= 0.6 is 0 Å². The SMILES string of the molecule is CCc1ccc(C(=O)NN(C(=O)c2cc(C)ccc2[N+](=O)[O-])C(C)(C)C)cc1. The van der Waals surface area contributed by atoms with Gasteiger partial charge >= 0.3 is 0 Å². The smallest absolute Gasteiger partial charge is 0.267 e. The van der Waals surface area contributed by atoms with E-state index in [2.05, 4.69) is 5.43 Å². The second kappa shape index (κ2) is 8.21. The Morgan fingerprint density at radius 3 is 2.21 bits per heavy atom. The minimum atomic E-state index is -0.798. The van der Waals surface area contributed by atoms with E-state index < -0.39 is 22.3 Å². The molecule has 0 aliphatic rings. The van der Waals surface area contributed by atoms with Crippen molar-refractivity contribution in [3.8, 4) is 0 Å². The van der Waals surface area contributed by atoms with E-state index in [4.69, 9.17) is 0 Å². The summed E-state index contributed by atoms with van der Waals surface area (Å²) in [6, 6.07) is 11.4. The fraction of sp³-hybridized carbons (Fsp3) is 0.333. The number of amides is 2. The molecule has 0 fully saturated rings. The third-order valence-corrected chi connectivity index (χ3v) is 4.29. The van der Waals surface area contributed by atoms with Gasteiger partial charge in [0, 0.05) is 11.6 Å². The number of aryl methyl sites for hydroxylation is 2. The second-order valence-electron chi connectivity index (χ2n) is 7.58. The number of nitro groups is 1. The standard InChI is InChI=1S/C21H25N3O4/c1-6-15-8-10-16(11-9-15)19(25)22-23(21(3,4)5)20(26)17-13-14(2)7-12-18(17)24(27)28/h7-13H,6H2,1-5H3,(H,22,25). The minimum absolute atomic E-state index is 0.0680. The van der Waals surface area contributed by atoms with Crippen molar-refractivity contribution >= 4 is 17.5 Å². The molecule has 1 N–H and O–H groups in total. The quantitative estimate of drug-likeness (QED) is 0.637. The highest BCUT2D eigenvalue weighted by molar-refractivity contribution is 6.01. The van der Waals surface area contributed by atoms with Crippen molar-refractivity contribution in [2.24, 2.45) is 0 Å². The Morgan fingerprint density at radius 1 is 1.11 bits per heavy atom. The summed E-state index contributed by atoms with van der Waals surface area (Å²) in [5.41, 5.74) is 3.66. The van der Waals surface area contributed by atoms with Crippen LogP contribution < -0.4 is 5.43 Å². The highest BCUT2D eigenvalue weighted by atomic mass is 16.6. The zero-order valence-corrected chi connectivity index (χ0v) is 16.8. The molecule has 2 amide bonds. The molecular formula is C21H25N3O4. The fourth-order valence-corrected chi connectivity index (χ4v) is 2.68. The number of nitrogens with zero attached hydrogens (tertiary/aromatic N) is 2. The molecule has 7 heteroatoms. The van der Waals surface area contributed by atoms with Crippen LogP contribution in [-0.2, 0) is 6.42 Å². The molecule has 2 rings (SSSR count). The number of rotatable bonds is 4. The van der Waals surface area contributed by atoms with Crippen LogP contribution in [0, 0.1) is 17.0 Å². The molecule has 0 atom stereocenters. The van der Waals surface area contributed by atoms with Gasteiger partial charge in [-0.05, 0) is 63.4 Å². The van der Waals surface area contributed by atoms with E-state index in [1.165, 1.54) is 12.1 Å². The van der Waals surface area contributed by atoms with Crippen molar-refractivity contribution in [3.05, 3.63) is 74.8 Å². The van der Waals surface area contributed by atoms with Crippen LogP contribution in [0.2, 0.25) is 0 Å². The molecule has 2 aromatic rings. The number of nitro benzene ring substituents is 1. The van der Waals surface area contributed by atoms with Crippen molar-refractivity contribution in [1.29, 1.82) is 0 Å². The number of carbonyl (C=O) groups excluding carboxylic acids is 2. The number of nitrogens with one attached hydrogen (secondary N) is 1. The number of hydrogen-bond donors (Lipinski definition) is 1. The summed E-state index contributed by atoms with van der Waals surface area (Å²) in [6.07, 6.45) is 0.853. The molecule has 0 heterocycles. The Morgan fingerprint density at radius 2 is 1.71 bits per heavy atom. The van der Waals surface area contributed by atoms with Gasteiger partial charge in [0.25, 0.3) is 17.5 Å². The molecule has 2 aromatic carbocycles. The van der Waals surface area contributed by atoms with E-state index in [1.54, 1.807) is 45.9 Å². The monoisotopic (exact) mass is 383 g/mol. The summed E-state index contributed by atoms with van der Waals surface area (Å²) in [5.74, 6) is -1.09. The molecule has 0 radical (unpaired) electrons. The molecule has 28 heavy (non-hydrogen) atoms. The predicted octanol–water partition coefficient (Wildman–Crippen LogP) is 4.05. The maximum absolute atomic E-state index is 13.1. The summed E-state index contributed by atoms with van der Waals surface area (Å²) in [4.78, 5) is 36.6. The molecule has 0 saturated carbocycles. The topological polar surface area (TPSA) is 92.6 Å². The van der Waals surface area contributed by atoms with Crippen LogP contribution in [0.3, 0.4) is 0 Å². The maximum atomic E-state index is 13.1. The molecule has 0 unspecified atom stereocenters. The van der Waals surface area contributed by atoms with Crippen LogP contribution in [0.15, 0.2) is 42.5 Å². The summed E-state index contributed by atoms with van der Waals surface area (Å²) in [6.45, 7) is 8.99. The summed E-state index contributed by atoms with van der Waals surface area (Å²) >= 11 is 0. The van der Waals surface area contributed by atoms with Gasteiger partial charge in [-0.3, -0.25) is 25.1 Å². The number of hydrazine groups is 1. The first-order chi connectivity index (χ1) is 13.0. The van der Waals surface area contributed by atoms with Gasteiger partial charge in [0.1, 0.15) is 5.56 Å². The fourth-order valence-electron chi connectivity index (χ4n) is 2.68. The van der Waals surface area contributed by atoms with Gasteiger partial charge in [-0.15, -0.1) is 0 Å². The van der Waals surface area contributed by atoms with Crippen molar-refractivity contribution in [3.63, 3.8) is 0 Å². The molecule has 148 valence electrons. The Bertz CT molecular complexity index is 899. The average molecular weight is 383 g/mol. The molecule has 0 saturated heterocycles. The predicted molar refractivity (Wildman–Crippen MR) is 107 cm³/mol. The highest BCUT2D eigenvalue weighted by Gasteiger charge is 2.33. The van der Waals surface area contributed by atoms with Crippen LogP contribution in [0.4, 0.5) is 5.69 Å². The summed E-state index contributed by atoms with van der Waals surface area (Å²) in [5, 5.41) is 12.5. The van der Waals surface area contributed by atoms with Crippen molar-refractivity contribution in [2.45, 2.75) is 46.6 Å². The Balaban J connectivity index is 2.39. The van der Waals surface area contributed by atoms with Gasteiger partial charge in [-0.25, -0.2) is 5.01 Å². The van der Waals surface area contributed by atoms with Gasteiger partial charge < -0.3 is 0 Å². The van der Waals surface area contributed by atoms with Gasteiger partial charge in [0.15, 0.2) is 0 Å². The van der Waals surface area contributed by atoms with Gasteiger partial charge in [0.2, 0.25) is 0 Å². The molecule has 0 spiro atoms. The lowest BCUT2D eigenvalue weighted by Crippen LogP contribution is -2.56. The van der Waals surface area contributed by atoms with E-state index in [9.17, 15) is 19.7 Å². The zero-order chi connectivity index (χ0) is 21.1.